The van der Waals surface area contributed by atoms with Crippen molar-refractivity contribution in [2.24, 2.45) is 0 Å². The molecule has 1 aromatic carbocycles. The van der Waals surface area contributed by atoms with Crippen LogP contribution in [-0.4, -0.2) is 31.0 Å². The van der Waals surface area contributed by atoms with Crippen molar-refractivity contribution in [3.63, 3.8) is 0 Å². The number of rotatable bonds is 1. The third-order valence-corrected chi connectivity index (χ3v) is 3.63. The number of benzene rings is 1. The van der Waals surface area contributed by atoms with Gasteiger partial charge in [-0.2, -0.15) is 0 Å². The highest BCUT2D eigenvalue weighted by Crippen LogP contribution is 2.32. The first-order chi connectivity index (χ1) is 9.77. The van der Waals surface area contributed by atoms with Crippen molar-refractivity contribution < 1.29 is 4.79 Å². The molecule has 0 fully saturated rings. The van der Waals surface area contributed by atoms with E-state index in [1.54, 1.807) is 24.5 Å². The number of hydrogen-bond donors (Lipinski definition) is 0. The molecule has 0 unspecified atom stereocenters. The molecule has 20 heavy (non-hydrogen) atoms. The van der Waals surface area contributed by atoms with Gasteiger partial charge < -0.3 is 9.80 Å². The number of amides is 1. The molecule has 1 amide bonds. The molecular weight excluding hydrogens is 250 g/mol. The predicted octanol–water partition coefficient (Wildman–Crippen LogP) is 2.57. The molecule has 0 saturated carbocycles. The van der Waals surface area contributed by atoms with Crippen LogP contribution in [0.15, 0.2) is 48.8 Å². The van der Waals surface area contributed by atoms with Crippen molar-refractivity contribution >= 4 is 17.3 Å². The Kier molecular flexibility index (Phi) is 3.37. The molecule has 0 spiro atoms. The molecule has 0 bridgehead atoms. The maximum atomic E-state index is 12.7. The zero-order valence-corrected chi connectivity index (χ0v) is 11.5. The van der Waals surface area contributed by atoms with E-state index in [0.717, 1.165) is 30.9 Å². The first-order valence-corrected chi connectivity index (χ1v) is 6.79. The first kappa shape index (κ1) is 12.7. The first-order valence-electron chi connectivity index (χ1n) is 6.79. The molecule has 0 saturated heterocycles. The van der Waals surface area contributed by atoms with Crippen molar-refractivity contribution in [1.29, 1.82) is 0 Å². The lowest BCUT2D eigenvalue weighted by Gasteiger charge is -2.24. The highest BCUT2D eigenvalue weighted by Gasteiger charge is 2.23. The monoisotopic (exact) mass is 267 g/mol. The summed E-state index contributed by atoms with van der Waals surface area (Å²) in [6, 6.07) is 11.6. The van der Waals surface area contributed by atoms with Crippen LogP contribution in [0.1, 0.15) is 16.8 Å². The van der Waals surface area contributed by atoms with E-state index in [-0.39, 0.29) is 5.91 Å². The van der Waals surface area contributed by atoms with Gasteiger partial charge in [-0.15, -0.1) is 0 Å². The van der Waals surface area contributed by atoms with E-state index in [0.29, 0.717) is 5.56 Å². The van der Waals surface area contributed by atoms with E-state index in [4.69, 9.17) is 0 Å². The van der Waals surface area contributed by atoms with Crippen molar-refractivity contribution in [3.05, 3.63) is 54.4 Å². The highest BCUT2D eigenvalue weighted by molar-refractivity contribution is 6.07. The van der Waals surface area contributed by atoms with Gasteiger partial charge in [0, 0.05) is 38.1 Å². The molecule has 0 N–H and O–H groups in total. The van der Waals surface area contributed by atoms with Crippen LogP contribution >= 0.6 is 0 Å². The summed E-state index contributed by atoms with van der Waals surface area (Å²) in [5.41, 5.74) is 2.76. The zero-order chi connectivity index (χ0) is 13.9. The summed E-state index contributed by atoms with van der Waals surface area (Å²) >= 11 is 0. The number of fused-ring (bicyclic) bond motifs is 1. The fourth-order valence-corrected chi connectivity index (χ4v) is 2.58. The van der Waals surface area contributed by atoms with Gasteiger partial charge >= 0.3 is 0 Å². The van der Waals surface area contributed by atoms with E-state index in [1.807, 2.05) is 23.1 Å². The minimum atomic E-state index is 0.0372. The van der Waals surface area contributed by atoms with E-state index in [2.05, 4.69) is 23.0 Å². The Morgan fingerprint density at radius 1 is 1.05 bits per heavy atom. The van der Waals surface area contributed by atoms with Crippen molar-refractivity contribution in [1.82, 2.24) is 4.98 Å². The van der Waals surface area contributed by atoms with Crippen molar-refractivity contribution in [2.45, 2.75) is 6.42 Å². The minimum absolute atomic E-state index is 0.0372. The molecule has 2 heterocycles. The topological polar surface area (TPSA) is 36.4 Å². The Morgan fingerprint density at radius 2 is 1.75 bits per heavy atom. The highest BCUT2D eigenvalue weighted by atomic mass is 16.2. The molecule has 4 nitrogen and oxygen atoms in total. The van der Waals surface area contributed by atoms with Gasteiger partial charge in [-0.3, -0.25) is 9.78 Å². The van der Waals surface area contributed by atoms with Gasteiger partial charge in [0.2, 0.25) is 0 Å². The summed E-state index contributed by atoms with van der Waals surface area (Å²) in [4.78, 5) is 20.7. The van der Waals surface area contributed by atoms with Gasteiger partial charge in [-0.1, -0.05) is 12.1 Å². The van der Waals surface area contributed by atoms with E-state index < -0.39 is 0 Å². The van der Waals surface area contributed by atoms with Crippen LogP contribution in [-0.2, 0) is 0 Å². The Hall–Kier alpha value is -2.36. The molecule has 1 aliphatic heterocycles. The number of pyridine rings is 1. The van der Waals surface area contributed by atoms with Crippen LogP contribution < -0.4 is 9.80 Å². The smallest absolute Gasteiger partial charge is 0.258 e. The SMILES string of the molecule is CN1CCCN(C(=O)c2ccncc2)c2ccccc21. The number of carbonyl (C=O) groups is 1. The standard InChI is InChI=1S/C16H17N3O/c1-18-11-4-12-19(15-6-3-2-5-14(15)18)16(20)13-7-9-17-10-8-13/h2-3,5-10H,4,11-12H2,1H3. The average Bonchev–Trinajstić information content (AvgIpc) is 2.67. The van der Waals surface area contributed by atoms with Gasteiger partial charge in [-0.05, 0) is 30.7 Å². The second-order valence-electron chi connectivity index (χ2n) is 4.96. The van der Waals surface area contributed by atoms with Crippen molar-refractivity contribution in [3.8, 4) is 0 Å². The van der Waals surface area contributed by atoms with Gasteiger partial charge in [0.15, 0.2) is 0 Å². The fraction of sp³-hybridized carbons (Fsp3) is 0.250. The Labute approximate surface area is 118 Å². The normalized spacial score (nSPS) is 14.7. The molecule has 0 radical (unpaired) electrons. The van der Waals surface area contributed by atoms with Gasteiger partial charge in [0.1, 0.15) is 0 Å². The van der Waals surface area contributed by atoms with Gasteiger partial charge in [0.25, 0.3) is 5.91 Å². The summed E-state index contributed by atoms with van der Waals surface area (Å²) < 4.78 is 0. The number of aromatic nitrogens is 1. The Balaban J connectivity index is 2.01. The number of nitrogens with zero attached hydrogens (tertiary/aromatic N) is 3. The fourth-order valence-electron chi connectivity index (χ4n) is 2.58. The van der Waals surface area contributed by atoms with E-state index >= 15 is 0 Å². The minimum Gasteiger partial charge on any atom is -0.373 e. The lowest BCUT2D eigenvalue weighted by atomic mass is 10.2. The third-order valence-electron chi connectivity index (χ3n) is 3.63. The summed E-state index contributed by atoms with van der Waals surface area (Å²) in [7, 11) is 2.07. The summed E-state index contributed by atoms with van der Waals surface area (Å²) in [6.45, 7) is 1.69. The number of para-hydroxylation sites is 2. The van der Waals surface area contributed by atoms with E-state index in [1.165, 1.54) is 0 Å². The van der Waals surface area contributed by atoms with Gasteiger partial charge in [-0.25, -0.2) is 0 Å². The Morgan fingerprint density at radius 3 is 2.50 bits per heavy atom. The molecule has 2 aromatic rings. The third kappa shape index (κ3) is 2.25. The molecule has 1 aliphatic rings. The van der Waals surface area contributed by atoms with Crippen LogP contribution in [0.3, 0.4) is 0 Å². The maximum Gasteiger partial charge on any atom is 0.258 e. The van der Waals surface area contributed by atoms with Crippen LogP contribution in [0.5, 0.6) is 0 Å². The quantitative estimate of drug-likeness (QED) is 0.796. The molecular formula is C16H17N3O. The molecule has 0 aliphatic carbocycles. The second-order valence-corrected chi connectivity index (χ2v) is 4.96. The molecule has 0 atom stereocenters. The molecule has 1 aromatic heterocycles. The second kappa shape index (κ2) is 5.33. The van der Waals surface area contributed by atoms with Crippen LogP contribution in [0.4, 0.5) is 11.4 Å². The molecule has 4 heteroatoms. The van der Waals surface area contributed by atoms with Crippen LogP contribution in [0.2, 0.25) is 0 Å². The zero-order valence-electron chi connectivity index (χ0n) is 11.5. The number of anilines is 2. The predicted molar refractivity (Wildman–Crippen MR) is 80.2 cm³/mol. The lowest BCUT2D eigenvalue weighted by molar-refractivity contribution is 0.0987. The summed E-state index contributed by atoms with van der Waals surface area (Å²) in [5, 5.41) is 0. The molecule has 3 rings (SSSR count). The molecule has 102 valence electrons. The summed E-state index contributed by atoms with van der Waals surface area (Å²) in [5.74, 6) is 0.0372. The largest absolute Gasteiger partial charge is 0.373 e. The average molecular weight is 267 g/mol. The van der Waals surface area contributed by atoms with E-state index in [9.17, 15) is 4.79 Å². The van der Waals surface area contributed by atoms with Crippen molar-refractivity contribution in [2.75, 3.05) is 29.9 Å². The summed E-state index contributed by atoms with van der Waals surface area (Å²) in [6.07, 6.45) is 4.27. The number of hydrogen-bond acceptors (Lipinski definition) is 3. The lowest BCUT2D eigenvalue weighted by Crippen LogP contribution is -2.31. The number of carbonyl (C=O) groups excluding carboxylic acids is 1. The van der Waals surface area contributed by atoms with Gasteiger partial charge in [0.05, 0.1) is 11.4 Å². The van der Waals surface area contributed by atoms with Crippen LogP contribution in [0.25, 0.3) is 0 Å². The Bertz CT molecular complexity index is 612. The maximum absolute atomic E-state index is 12.7. The van der Waals surface area contributed by atoms with Crippen LogP contribution in [0, 0.1) is 0 Å².